The molecule has 26 heavy (non-hydrogen) atoms. The highest BCUT2D eigenvalue weighted by Gasteiger charge is 2.17. The Morgan fingerprint density at radius 1 is 1.15 bits per heavy atom. The molecule has 0 saturated carbocycles. The van der Waals surface area contributed by atoms with Crippen molar-refractivity contribution >= 4 is 11.6 Å². The Kier molecular flexibility index (Phi) is 6.81. The number of carbonyl (C=O) groups is 1. The van der Waals surface area contributed by atoms with E-state index < -0.39 is 0 Å². The van der Waals surface area contributed by atoms with Gasteiger partial charge in [-0.3, -0.25) is 10.0 Å². The maximum atomic E-state index is 12.0. The van der Waals surface area contributed by atoms with Gasteiger partial charge in [0, 0.05) is 12.0 Å². The van der Waals surface area contributed by atoms with E-state index in [0.717, 1.165) is 33.9 Å². The molecule has 0 spiro atoms. The quantitative estimate of drug-likeness (QED) is 0.535. The highest BCUT2D eigenvalue weighted by molar-refractivity contribution is 5.91. The molecule has 4 heteroatoms. The third-order valence-electron chi connectivity index (χ3n) is 4.57. The smallest absolute Gasteiger partial charge is 0.250 e. The molecule has 4 nitrogen and oxygen atoms in total. The topological polar surface area (TPSA) is 49.8 Å². The van der Waals surface area contributed by atoms with E-state index in [2.05, 4.69) is 32.9 Å². The van der Waals surface area contributed by atoms with Crippen LogP contribution in [0.1, 0.15) is 62.3 Å². The number of benzene rings is 2. The molecule has 0 heterocycles. The van der Waals surface area contributed by atoms with Crippen molar-refractivity contribution < 1.29 is 14.7 Å². The molecule has 0 fully saturated rings. The Bertz CT molecular complexity index is 768. The van der Waals surface area contributed by atoms with Crippen LogP contribution in [0.2, 0.25) is 0 Å². The molecule has 0 bridgehead atoms. The van der Waals surface area contributed by atoms with Gasteiger partial charge in [-0.05, 0) is 48.1 Å². The molecule has 0 atom stereocenters. The van der Waals surface area contributed by atoms with Gasteiger partial charge < -0.3 is 4.74 Å². The maximum Gasteiger partial charge on any atom is 0.250 e. The van der Waals surface area contributed by atoms with Gasteiger partial charge in [-0.2, -0.15) is 5.06 Å². The highest BCUT2D eigenvalue weighted by atomic mass is 16.5. The average Bonchev–Trinajstić information content (AvgIpc) is 2.65. The summed E-state index contributed by atoms with van der Waals surface area (Å²) in [6.45, 7) is 10.3. The van der Waals surface area contributed by atoms with Crippen LogP contribution in [0.4, 0.5) is 5.69 Å². The summed E-state index contributed by atoms with van der Waals surface area (Å²) < 4.78 is 5.98. The van der Waals surface area contributed by atoms with Crippen LogP contribution in [0, 0.1) is 6.92 Å². The van der Waals surface area contributed by atoms with Gasteiger partial charge in [0.25, 0.3) is 0 Å². The number of hydrogen-bond donors (Lipinski definition) is 1. The number of ether oxygens (including phenoxy) is 1. The highest BCUT2D eigenvalue weighted by Crippen LogP contribution is 2.28. The minimum atomic E-state index is -0.337. The third-order valence-corrected chi connectivity index (χ3v) is 4.57. The summed E-state index contributed by atoms with van der Waals surface area (Å²) in [5, 5.41) is 11.1. The van der Waals surface area contributed by atoms with E-state index in [1.807, 2.05) is 31.2 Å². The molecular weight excluding hydrogens is 326 g/mol. The van der Waals surface area contributed by atoms with Crippen LogP contribution in [-0.4, -0.2) is 11.1 Å². The van der Waals surface area contributed by atoms with Gasteiger partial charge in [0.05, 0.1) is 5.69 Å². The van der Waals surface area contributed by atoms with Crippen molar-refractivity contribution in [1.82, 2.24) is 0 Å². The van der Waals surface area contributed by atoms with Gasteiger partial charge in [-0.1, -0.05) is 52.0 Å². The predicted molar refractivity (Wildman–Crippen MR) is 105 cm³/mol. The van der Waals surface area contributed by atoms with Crippen molar-refractivity contribution in [3.05, 3.63) is 58.7 Å². The number of hydrogen-bond acceptors (Lipinski definition) is 3. The van der Waals surface area contributed by atoms with Gasteiger partial charge in [0.1, 0.15) is 12.4 Å². The summed E-state index contributed by atoms with van der Waals surface area (Å²) in [6, 6.07) is 12.0. The summed E-state index contributed by atoms with van der Waals surface area (Å²) in [7, 11) is 0. The largest absolute Gasteiger partial charge is 0.489 e. The number of carbonyl (C=O) groups excluding carboxylic acids is 1. The Morgan fingerprint density at radius 2 is 1.88 bits per heavy atom. The molecule has 0 radical (unpaired) electrons. The molecule has 0 aromatic heterocycles. The second kappa shape index (κ2) is 8.86. The van der Waals surface area contributed by atoms with Gasteiger partial charge in [0.15, 0.2) is 0 Å². The van der Waals surface area contributed by atoms with E-state index in [1.165, 1.54) is 5.56 Å². The van der Waals surface area contributed by atoms with Crippen molar-refractivity contribution in [1.29, 1.82) is 0 Å². The van der Waals surface area contributed by atoms with Gasteiger partial charge in [-0.25, -0.2) is 0 Å². The summed E-state index contributed by atoms with van der Waals surface area (Å²) in [6.07, 6.45) is 1.22. The Hall–Kier alpha value is -2.33. The zero-order valence-electron chi connectivity index (χ0n) is 16.4. The Morgan fingerprint density at radius 3 is 2.46 bits per heavy atom. The fourth-order valence-electron chi connectivity index (χ4n) is 2.79. The fourth-order valence-corrected chi connectivity index (χ4v) is 2.79. The molecule has 2 aromatic rings. The second-order valence-corrected chi connectivity index (χ2v) is 6.84. The van der Waals surface area contributed by atoms with Crippen LogP contribution in [0.15, 0.2) is 36.4 Å². The molecule has 0 aliphatic carbocycles. The first-order valence-electron chi connectivity index (χ1n) is 9.24. The maximum absolute atomic E-state index is 12.0. The van der Waals surface area contributed by atoms with Crippen LogP contribution in [0.5, 0.6) is 5.75 Å². The second-order valence-electron chi connectivity index (χ2n) is 6.84. The van der Waals surface area contributed by atoms with Crippen LogP contribution >= 0.6 is 0 Å². The number of rotatable bonds is 7. The molecule has 0 aliphatic rings. The average molecular weight is 355 g/mol. The number of nitrogens with zero attached hydrogens (tertiary/aromatic N) is 1. The molecule has 0 saturated heterocycles. The summed E-state index contributed by atoms with van der Waals surface area (Å²) in [5.41, 5.74) is 4.68. The van der Waals surface area contributed by atoms with Gasteiger partial charge >= 0.3 is 0 Å². The normalized spacial score (nSPS) is 10.9. The fraction of sp³-hybridized carbons (Fsp3) is 0.409. The van der Waals surface area contributed by atoms with Crippen LogP contribution < -0.4 is 9.80 Å². The minimum Gasteiger partial charge on any atom is -0.489 e. The van der Waals surface area contributed by atoms with E-state index >= 15 is 0 Å². The number of anilines is 1. The van der Waals surface area contributed by atoms with E-state index in [1.54, 1.807) is 6.92 Å². The van der Waals surface area contributed by atoms with Crippen LogP contribution in [0.25, 0.3) is 0 Å². The standard InChI is InChI=1S/C22H29NO3/c1-6-17-8-11-21(16(5)12-17)26-14-19-10-9-18(15(3)4)13-20(19)23(25)22(24)7-2/h8-13,15,25H,6-7,14H2,1-5H3. The van der Waals surface area contributed by atoms with Crippen molar-refractivity contribution in [3.8, 4) is 5.75 Å². The molecule has 2 aromatic carbocycles. The molecule has 1 amide bonds. The van der Waals surface area contributed by atoms with Crippen LogP contribution in [0.3, 0.4) is 0 Å². The first-order valence-corrected chi connectivity index (χ1v) is 9.24. The van der Waals surface area contributed by atoms with Gasteiger partial charge in [0.2, 0.25) is 5.91 Å². The first kappa shape index (κ1) is 20.0. The lowest BCUT2D eigenvalue weighted by atomic mass is 10.00. The van der Waals surface area contributed by atoms with E-state index in [0.29, 0.717) is 11.6 Å². The van der Waals surface area contributed by atoms with Crippen molar-refractivity contribution in [2.24, 2.45) is 0 Å². The number of hydroxylamine groups is 1. The number of aryl methyl sites for hydroxylation is 2. The molecular formula is C22H29NO3. The summed E-state index contributed by atoms with van der Waals surface area (Å²) >= 11 is 0. The molecule has 0 unspecified atom stereocenters. The van der Waals surface area contributed by atoms with E-state index in [-0.39, 0.29) is 18.9 Å². The Balaban J connectivity index is 2.29. The third kappa shape index (κ3) is 4.64. The minimum absolute atomic E-state index is 0.236. The van der Waals surface area contributed by atoms with Crippen molar-refractivity contribution in [2.75, 3.05) is 5.06 Å². The summed E-state index contributed by atoms with van der Waals surface area (Å²) in [4.78, 5) is 12.0. The molecule has 140 valence electrons. The van der Waals surface area contributed by atoms with Crippen molar-refractivity contribution in [3.63, 3.8) is 0 Å². The lowest BCUT2D eigenvalue weighted by Crippen LogP contribution is -2.27. The van der Waals surface area contributed by atoms with Gasteiger partial charge in [-0.15, -0.1) is 0 Å². The molecule has 0 aliphatic heterocycles. The zero-order chi connectivity index (χ0) is 19.3. The monoisotopic (exact) mass is 355 g/mol. The number of amides is 1. The van der Waals surface area contributed by atoms with Crippen LogP contribution in [-0.2, 0) is 17.8 Å². The SMILES string of the molecule is CCC(=O)N(O)c1cc(C(C)C)ccc1COc1ccc(CC)cc1C. The summed E-state index contributed by atoms with van der Waals surface area (Å²) in [5.74, 6) is 0.778. The van der Waals surface area contributed by atoms with Crippen molar-refractivity contribution in [2.45, 2.75) is 60.0 Å². The van der Waals surface area contributed by atoms with E-state index in [9.17, 15) is 10.0 Å². The van der Waals surface area contributed by atoms with E-state index in [4.69, 9.17) is 4.74 Å². The Labute approximate surface area is 156 Å². The first-order chi connectivity index (χ1) is 12.4. The molecule has 2 rings (SSSR count). The lowest BCUT2D eigenvalue weighted by Gasteiger charge is -2.21. The predicted octanol–water partition coefficient (Wildman–Crippen LogP) is 5.39. The lowest BCUT2D eigenvalue weighted by molar-refractivity contribution is -0.123. The molecule has 1 N–H and O–H groups in total. The zero-order valence-corrected chi connectivity index (χ0v) is 16.4.